The summed E-state index contributed by atoms with van der Waals surface area (Å²) in [4.78, 5) is 0. The summed E-state index contributed by atoms with van der Waals surface area (Å²) in [6.45, 7) is 5.68. The van der Waals surface area contributed by atoms with Gasteiger partial charge in [-0.05, 0) is 43.0 Å². The van der Waals surface area contributed by atoms with Crippen molar-refractivity contribution in [3.63, 3.8) is 0 Å². The first kappa shape index (κ1) is 12.2. The minimum atomic E-state index is 0.0402. The largest absolute Gasteiger partial charge is 0.381 e. The summed E-state index contributed by atoms with van der Waals surface area (Å²) in [6, 6.07) is 4.10. The third-order valence-electron chi connectivity index (χ3n) is 3.22. The fraction of sp³-hybridized carbons (Fsp3) is 0.538. The lowest BCUT2D eigenvalue weighted by molar-refractivity contribution is 0.185. The van der Waals surface area contributed by atoms with Crippen molar-refractivity contribution in [3.05, 3.63) is 33.8 Å². The van der Waals surface area contributed by atoms with E-state index in [2.05, 4.69) is 13.0 Å². The minimum Gasteiger partial charge on any atom is -0.381 e. The van der Waals surface area contributed by atoms with E-state index in [-0.39, 0.29) is 5.38 Å². The van der Waals surface area contributed by atoms with E-state index < -0.39 is 0 Å². The molecule has 2 rings (SSSR count). The SMILES string of the molecule is Cc1cc(C(Cl)C2CCOC2)c(C)cc1Cl. The van der Waals surface area contributed by atoms with Gasteiger partial charge in [0, 0.05) is 17.5 Å². The first-order valence-electron chi connectivity index (χ1n) is 5.58. The summed E-state index contributed by atoms with van der Waals surface area (Å²) in [5, 5.41) is 0.853. The van der Waals surface area contributed by atoms with Crippen LogP contribution in [-0.2, 0) is 4.74 Å². The van der Waals surface area contributed by atoms with Gasteiger partial charge in [0.15, 0.2) is 0 Å². The van der Waals surface area contributed by atoms with Crippen LogP contribution in [0.15, 0.2) is 12.1 Å². The van der Waals surface area contributed by atoms with Gasteiger partial charge in [-0.15, -0.1) is 11.6 Å². The zero-order chi connectivity index (χ0) is 11.7. The zero-order valence-corrected chi connectivity index (χ0v) is 11.1. The Morgan fingerprint density at radius 3 is 2.69 bits per heavy atom. The van der Waals surface area contributed by atoms with Crippen LogP contribution in [0.4, 0.5) is 0 Å². The predicted octanol–water partition coefficient (Wildman–Crippen LogP) is 4.27. The Balaban J connectivity index is 2.28. The van der Waals surface area contributed by atoms with Crippen molar-refractivity contribution in [2.45, 2.75) is 25.6 Å². The van der Waals surface area contributed by atoms with Crippen LogP contribution in [-0.4, -0.2) is 13.2 Å². The van der Waals surface area contributed by atoms with Gasteiger partial charge in [0.2, 0.25) is 0 Å². The number of alkyl halides is 1. The van der Waals surface area contributed by atoms with E-state index in [0.29, 0.717) is 5.92 Å². The molecule has 0 aromatic heterocycles. The highest BCUT2D eigenvalue weighted by atomic mass is 35.5. The maximum absolute atomic E-state index is 6.52. The highest BCUT2D eigenvalue weighted by Gasteiger charge is 2.26. The second kappa shape index (κ2) is 4.95. The van der Waals surface area contributed by atoms with Gasteiger partial charge in [-0.1, -0.05) is 17.7 Å². The monoisotopic (exact) mass is 258 g/mol. The Kier molecular flexibility index (Phi) is 3.78. The molecule has 1 aliphatic rings. The van der Waals surface area contributed by atoms with Gasteiger partial charge in [0.25, 0.3) is 0 Å². The van der Waals surface area contributed by atoms with E-state index in [0.717, 1.165) is 30.2 Å². The number of halogens is 2. The molecule has 1 aromatic rings. The van der Waals surface area contributed by atoms with E-state index in [1.54, 1.807) is 0 Å². The summed E-state index contributed by atoms with van der Waals surface area (Å²) < 4.78 is 5.38. The standard InChI is InChI=1S/C13H16Cl2O/c1-8-6-12(14)9(2)5-11(8)13(15)10-3-4-16-7-10/h5-6,10,13H,3-4,7H2,1-2H3. The molecular formula is C13H16Cl2O. The number of benzene rings is 1. The van der Waals surface area contributed by atoms with Gasteiger partial charge in [-0.2, -0.15) is 0 Å². The Morgan fingerprint density at radius 1 is 1.31 bits per heavy atom. The molecule has 2 atom stereocenters. The van der Waals surface area contributed by atoms with Crippen LogP contribution >= 0.6 is 23.2 Å². The molecule has 88 valence electrons. The molecule has 16 heavy (non-hydrogen) atoms. The van der Waals surface area contributed by atoms with Crippen LogP contribution in [0.25, 0.3) is 0 Å². The summed E-state index contributed by atoms with van der Waals surface area (Å²) >= 11 is 12.6. The highest BCUT2D eigenvalue weighted by Crippen LogP contribution is 2.37. The number of rotatable bonds is 2. The number of hydrogen-bond acceptors (Lipinski definition) is 1. The minimum absolute atomic E-state index is 0.0402. The molecule has 1 saturated heterocycles. The molecular weight excluding hydrogens is 243 g/mol. The van der Waals surface area contributed by atoms with Crippen LogP contribution in [0.5, 0.6) is 0 Å². The van der Waals surface area contributed by atoms with E-state index in [1.807, 2.05) is 13.0 Å². The van der Waals surface area contributed by atoms with Crippen molar-refractivity contribution >= 4 is 23.2 Å². The van der Waals surface area contributed by atoms with Crippen molar-refractivity contribution < 1.29 is 4.74 Å². The predicted molar refractivity (Wildman–Crippen MR) is 68.4 cm³/mol. The van der Waals surface area contributed by atoms with E-state index in [1.165, 1.54) is 11.1 Å². The first-order valence-corrected chi connectivity index (χ1v) is 6.39. The molecule has 0 N–H and O–H groups in total. The van der Waals surface area contributed by atoms with Crippen LogP contribution < -0.4 is 0 Å². The van der Waals surface area contributed by atoms with E-state index in [4.69, 9.17) is 27.9 Å². The van der Waals surface area contributed by atoms with Crippen LogP contribution in [0, 0.1) is 19.8 Å². The average molecular weight is 259 g/mol. The third-order valence-corrected chi connectivity index (χ3v) is 4.22. The van der Waals surface area contributed by atoms with Gasteiger partial charge in [0.1, 0.15) is 0 Å². The van der Waals surface area contributed by atoms with Gasteiger partial charge in [0.05, 0.1) is 12.0 Å². The maximum Gasteiger partial charge on any atom is 0.0638 e. The molecule has 0 saturated carbocycles. The van der Waals surface area contributed by atoms with Crippen molar-refractivity contribution in [1.82, 2.24) is 0 Å². The van der Waals surface area contributed by atoms with Crippen molar-refractivity contribution in [2.24, 2.45) is 5.92 Å². The summed E-state index contributed by atoms with van der Waals surface area (Å²) in [6.07, 6.45) is 1.05. The number of hydrogen-bond donors (Lipinski definition) is 0. The normalized spacial score (nSPS) is 22.4. The van der Waals surface area contributed by atoms with Gasteiger partial charge < -0.3 is 4.74 Å². The molecule has 1 nitrogen and oxygen atoms in total. The molecule has 0 spiro atoms. The summed E-state index contributed by atoms with van der Waals surface area (Å²) in [5.74, 6) is 0.431. The fourth-order valence-electron chi connectivity index (χ4n) is 2.14. The molecule has 1 aromatic carbocycles. The van der Waals surface area contributed by atoms with Crippen LogP contribution in [0.3, 0.4) is 0 Å². The molecule has 2 unspecified atom stereocenters. The second-order valence-electron chi connectivity index (χ2n) is 4.48. The van der Waals surface area contributed by atoms with E-state index in [9.17, 15) is 0 Å². The molecule has 0 aliphatic carbocycles. The summed E-state index contributed by atoms with van der Waals surface area (Å²) in [7, 11) is 0. The second-order valence-corrected chi connectivity index (χ2v) is 5.36. The Bertz CT molecular complexity index is 384. The fourth-order valence-corrected chi connectivity index (χ4v) is 2.79. The number of ether oxygens (including phenoxy) is 1. The molecule has 3 heteroatoms. The zero-order valence-electron chi connectivity index (χ0n) is 9.59. The average Bonchev–Trinajstić information content (AvgIpc) is 2.75. The number of aryl methyl sites for hydroxylation is 2. The summed E-state index contributed by atoms with van der Waals surface area (Å²) in [5.41, 5.74) is 3.45. The Labute approximate surface area is 107 Å². The molecule has 1 heterocycles. The lowest BCUT2D eigenvalue weighted by atomic mass is 9.94. The van der Waals surface area contributed by atoms with Crippen LogP contribution in [0.1, 0.15) is 28.5 Å². The Hall–Kier alpha value is -0.240. The quantitative estimate of drug-likeness (QED) is 0.720. The van der Waals surface area contributed by atoms with E-state index >= 15 is 0 Å². The van der Waals surface area contributed by atoms with Crippen LogP contribution in [0.2, 0.25) is 5.02 Å². The molecule has 1 aliphatic heterocycles. The third kappa shape index (κ3) is 2.37. The van der Waals surface area contributed by atoms with Gasteiger partial charge >= 0.3 is 0 Å². The lowest BCUT2D eigenvalue weighted by Gasteiger charge is -2.19. The lowest BCUT2D eigenvalue weighted by Crippen LogP contribution is -2.09. The molecule has 0 radical (unpaired) electrons. The molecule has 1 fully saturated rings. The first-order chi connectivity index (χ1) is 7.59. The maximum atomic E-state index is 6.52. The van der Waals surface area contributed by atoms with Crippen molar-refractivity contribution in [3.8, 4) is 0 Å². The van der Waals surface area contributed by atoms with Crippen molar-refractivity contribution in [2.75, 3.05) is 13.2 Å². The molecule has 0 amide bonds. The van der Waals surface area contributed by atoms with Gasteiger partial charge in [-0.25, -0.2) is 0 Å². The highest BCUT2D eigenvalue weighted by molar-refractivity contribution is 6.31. The topological polar surface area (TPSA) is 9.23 Å². The smallest absolute Gasteiger partial charge is 0.0638 e. The van der Waals surface area contributed by atoms with Crippen molar-refractivity contribution in [1.29, 1.82) is 0 Å². The van der Waals surface area contributed by atoms with Gasteiger partial charge in [-0.3, -0.25) is 0 Å². The Morgan fingerprint density at radius 2 is 2.06 bits per heavy atom. The molecule has 0 bridgehead atoms.